The summed E-state index contributed by atoms with van der Waals surface area (Å²) in [7, 11) is 0. The summed E-state index contributed by atoms with van der Waals surface area (Å²) in [6.45, 7) is 8.60. The van der Waals surface area contributed by atoms with Gasteiger partial charge in [-0.2, -0.15) is 11.8 Å². The van der Waals surface area contributed by atoms with Crippen molar-refractivity contribution in [2.75, 3.05) is 44.7 Å². The first kappa shape index (κ1) is 13.3. The zero-order valence-corrected chi connectivity index (χ0v) is 11.1. The summed E-state index contributed by atoms with van der Waals surface area (Å²) in [5.74, 6) is 2.24. The summed E-state index contributed by atoms with van der Waals surface area (Å²) in [5, 5.41) is 3.52. The molecule has 0 aromatic carbocycles. The molecule has 1 N–H and O–H groups in total. The summed E-state index contributed by atoms with van der Waals surface area (Å²) in [6, 6.07) is 0. The lowest BCUT2D eigenvalue weighted by Crippen LogP contribution is -2.38. The van der Waals surface area contributed by atoms with Crippen LogP contribution in [0.25, 0.3) is 0 Å². The Morgan fingerprint density at radius 1 is 1.27 bits per heavy atom. The van der Waals surface area contributed by atoms with Gasteiger partial charge >= 0.3 is 0 Å². The lowest BCUT2D eigenvalue weighted by molar-refractivity contribution is 0.193. The van der Waals surface area contributed by atoms with Gasteiger partial charge in [0.05, 0.1) is 0 Å². The molecule has 0 aromatic heterocycles. The van der Waals surface area contributed by atoms with Crippen molar-refractivity contribution < 1.29 is 0 Å². The van der Waals surface area contributed by atoms with E-state index in [1.54, 1.807) is 0 Å². The van der Waals surface area contributed by atoms with Crippen LogP contribution in [0.2, 0.25) is 0 Å². The van der Waals surface area contributed by atoms with Gasteiger partial charge in [-0.05, 0) is 56.8 Å². The highest BCUT2D eigenvalue weighted by atomic mass is 32.2. The molecule has 0 bridgehead atoms. The fourth-order valence-corrected chi connectivity index (χ4v) is 2.42. The number of nitrogens with one attached hydrogen (secondary N) is 1. The minimum Gasteiger partial charge on any atom is -0.315 e. The molecule has 2 nitrogen and oxygen atoms in total. The first-order valence-corrected chi connectivity index (χ1v) is 7.64. The van der Waals surface area contributed by atoms with E-state index in [2.05, 4.69) is 23.4 Å². The van der Waals surface area contributed by atoms with E-state index in [9.17, 15) is 0 Å². The molecule has 0 radical (unpaired) electrons. The Hall–Kier alpha value is 0.270. The number of hydrogen-bond acceptors (Lipinski definition) is 3. The van der Waals surface area contributed by atoms with Gasteiger partial charge in [-0.3, -0.25) is 0 Å². The van der Waals surface area contributed by atoms with Crippen molar-refractivity contribution in [3.05, 3.63) is 0 Å². The van der Waals surface area contributed by atoms with Crippen LogP contribution in [-0.4, -0.2) is 49.6 Å². The SMILES string of the molecule is CSCCCNCCN1CCC(C)CC1. The van der Waals surface area contributed by atoms with Crippen molar-refractivity contribution in [2.45, 2.75) is 26.2 Å². The summed E-state index contributed by atoms with van der Waals surface area (Å²) < 4.78 is 0. The number of hydrogen-bond donors (Lipinski definition) is 1. The number of rotatable bonds is 7. The standard InChI is InChI=1S/C12H26N2S/c1-12-4-8-14(9-5-12)10-7-13-6-3-11-15-2/h12-13H,3-11H2,1-2H3. The number of likely N-dealkylation sites (tertiary alicyclic amines) is 1. The summed E-state index contributed by atoms with van der Waals surface area (Å²) in [5.41, 5.74) is 0. The Labute approximate surface area is 99.2 Å². The van der Waals surface area contributed by atoms with E-state index < -0.39 is 0 Å². The van der Waals surface area contributed by atoms with Crippen LogP contribution in [-0.2, 0) is 0 Å². The molecule has 90 valence electrons. The maximum atomic E-state index is 3.52. The van der Waals surface area contributed by atoms with Gasteiger partial charge in [0.25, 0.3) is 0 Å². The molecule has 1 heterocycles. The second-order valence-corrected chi connectivity index (χ2v) is 5.61. The van der Waals surface area contributed by atoms with E-state index in [4.69, 9.17) is 0 Å². The van der Waals surface area contributed by atoms with Crippen LogP contribution in [0.15, 0.2) is 0 Å². The molecular formula is C12H26N2S. The fourth-order valence-electron chi connectivity index (χ4n) is 1.99. The molecule has 1 fully saturated rings. The second-order valence-electron chi connectivity index (χ2n) is 4.62. The van der Waals surface area contributed by atoms with E-state index in [-0.39, 0.29) is 0 Å². The quantitative estimate of drug-likeness (QED) is 0.674. The molecule has 1 aliphatic rings. The Morgan fingerprint density at radius 3 is 2.67 bits per heavy atom. The Balaban J connectivity index is 1.87. The molecule has 0 aromatic rings. The molecule has 0 unspecified atom stereocenters. The topological polar surface area (TPSA) is 15.3 Å². The number of nitrogens with zero attached hydrogens (tertiary/aromatic N) is 1. The molecule has 0 amide bonds. The highest BCUT2D eigenvalue weighted by Gasteiger charge is 2.14. The second kappa shape index (κ2) is 8.43. The zero-order valence-electron chi connectivity index (χ0n) is 10.3. The van der Waals surface area contributed by atoms with E-state index in [0.717, 1.165) is 5.92 Å². The summed E-state index contributed by atoms with van der Waals surface area (Å²) in [6.07, 6.45) is 6.27. The van der Waals surface area contributed by atoms with E-state index in [0.29, 0.717) is 0 Å². The Morgan fingerprint density at radius 2 is 2.00 bits per heavy atom. The van der Waals surface area contributed by atoms with Gasteiger partial charge in [0.2, 0.25) is 0 Å². The van der Waals surface area contributed by atoms with Crippen molar-refractivity contribution in [3.63, 3.8) is 0 Å². The van der Waals surface area contributed by atoms with E-state index in [1.807, 2.05) is 11.8 Å². The fraction of sp³-hybridized carbons (Fsp3) is 1.00. The van der Waals surface area contributed by atoms with Gasteiger partial charge in [-0.1, -0.05) is 6.92 Å². The van der Waals surface area contributed by atoms with Gasteiger partial charge in [-0.25, -0.2) is 0 Å². The van der Waals surface area contributed by atoms with Gasteiger partial charge in [0, 0.05) is 13.1 Å². The minimum atomic E-state index is 0.954. The van der Waals surface area contributed by atoms with Crippen LogP contribution < -0.4 is 5.32 Å². The van der Waals surface area contributed by atoms with E-state index in [1.165, 1.54) is 57.7 Å². The van der Waals surface area contributed by atoms with Crippen LogP contribution in [0.5, 0.6) is 0 Å². The maximum absolute atomic E-state index is 3.52. The third kappa shape index (κ3) is 6.44. The van der Waals surface area contributed by atoms with Gasteiger partial charge in [-0.15, -0.1) is 0 Å². The Bertz CT molecular complexity index is 145. The normalized spacial score (nSPS) is 19.6. The van der Waals surface area contributed by atoms with Crippen molar-refractivity contribution in [3.8, 4) is 0 Å². The molecule has 0 aliphatic carbocycles. The minimum absolute atomic E-state index is 0.954. The molecule has 0 atom stereocenters. The largest absolute Gasteiger partial charge is 0.315 e. The highest BCUT2D eigenvalue weighted by molar-refractivity contribution is 7.98. The lowest BCUT2D eigenvalue weighted by atomic mass is 9.99. The van der Waals surface area contributed by atoms with Crippen molar-refractivity contribution in [2.24, 2.45) is 5.92 Å². The first-order chi connectivity index (χ1) is 7.33. The van der Waals surface area contributed by atoms with Crippen molar-refractivity contribution >= 4 is 11.8 Å². The number of thioether (sulfide) groups is 1. The number of piperidine rings is 1. The predicted octanol–water partition coefficient (Wildman–Crippen LogP) is 2.06. The smallest absolute Gasteiger partial charge is 0.0107 e. The Kier molecular flexibility index (Phi) is 7.49. The van der Waals surface area contributed by atoms with Crippen LogP contribution in [0.1, 0.15) is 26.2 Å². The molecule has 15 heavy (non-hydrogen) atoms. The molecule has 1 aliphatic heterocycles. The summed E-state index contributed by atoms with van der Waals surface area (Å²) in [4.78, 5) is 2.60. The zero-order chi connectivity index (χ0) is 10.9. The lowest BCUT2D eigenvalue weighted by Gasteiger charge is -2.30. The predicted molar refractivity (Wildman–Crippen MR) is 70.7 cm³/mol. The van der Waals surface area contributed by atoms with Gasteiger partial charge in [0.15, 0.2) is 0 Å². The molecule has 1 rings (SSSR count). The summed E-state index contributed by atoms with van der Waals surface area (Å²) >= 11 is 1.94. The third-order valence-corrected chi connectivity index (χ3v) is 3.88. The average Bonchev–Trinajstić information content (AvgIpc) is 2.26. The van der Waals surface area contributed by atoms with Gasteiger partial charge < -0.3 is 10.2 Å². The van der Waals surface area contributed by atoms with Crippen LogP contribution in [0.3, 0.4) is 0 Å². The van der Waals surface area contributed by atoms with Crippen LogP contribution in [0.4, 0.5) is 0 Å². The molecular weight excluding hydrogens is 204 g/mol. The van der Waals surface area contributed by atoms with Gasteiger partial charge in [0.1, 0.15) is 0 Å². The van der Waals surface area contributed by atoms with Crippen LogP contribution in [0, 0.1) is 5.92 Å². The first-order valence-electron chi connectivity index (χ1n) is 6.25. The maximum Gasteiger partial charge on any atom is 0.0107 e. The van der Waals surface area contributed by atoms with E-state index >= 15 is 0 Å². The molecule has 0 saturated carbocycles. The average molecular weight is 230 g/mol. The third-order valence-electron chi connectivity index (χ3n) is 3.18. The van der Waals surface area contributed by atoms with Crippen molar-refractivity contribution in [1.29, 1.82) is 0 Å². The van der Waals surface area contributed by atoms with Crippen LogP contribution >= 0.6 is 11.8 Å². The van der Waals surface area contributed by atoms with Crippen molar-refractivity contribution in [1.82, 2.24) is 10.2 Å². The molecule has 0 spiro atoms. The monoisotopic (exact) mass is 230 g/mol. The molecule has 3 heteroatoms. The highest BCUT2D eigenvalue weighted by Crippen LogP contribution is 2.14. The molecule has 1 saturated heterocycles.